The molecule has 1 aromatic rings. The molecule has 0 aromatic carbocycles. The predicted molar refractivity (Wildman–Crippen MR) is 70.3 cm³/mol. The van der Waals surface area contributed by atoms with Crippen molar-refractivity contribution in [3.8, 4) is 0 Å². The maximum Gasteiger partial charge on any atom is 0.0666 e. The zero-order chi connectivity index (χ0) is 13.0. The Balaban J connectivity index is 2.74. The highest BCUT2D eigenvalue weighted by Gasteiger charge is 2.15. The Bertz CT molecular complexity index is 358. The first-order valence-electron chi connectivity index (χ1n) is 6.30. The SMILES string of the molecule is CNC(C)c1c(C)nn(CCOC(C)C)c1C. The zero-order valence-corrected chi connectivity index (χ0v) is 11.9. The van der Waals surface area contributed by atoms with Crippen LogP contribution in [-0.2, 0) is 11.3 Å². The minimum atomic E-state index is 0.280. The molecule has 4 nitrogen and oxygen atoms in total. The Morgan fingerprint density at radius 2 is 1.94 bits per heavy atom. The van der Waals surface area contributed by atoms with Crippen molar-refractivity contribution in [2.24, 2.45) is 0 Å². The van der Waals surface area contributed by atoms with Gasteiger partial charge in [-0.15, -0.1) is 0 Å². The van der Waals surface area contributed by atoms with Crippen molar-refractivity contribution in [2.75, 3.05) is 13.7 Å². The number of hydrogen-bond donors (Lipinski definition) is 1. The van der Waals surface area contributed by atoms with Gasteiger partial charge in [0.1, 0.15) is 0 Å². The van der Waals surface area contributed by atoms with Gasteiger partial charge in [-0.25, -0.2) is 0 Å². The zero-order valence-electron chi connectivity index (χ0n) is 11.9. The van der Waals surface area contributed by atoms with Crippen LogP contribution in [0.5, 0.6) is 0 Å². The summed E-state index contributed by atoms with van der Waals surface area (Å²) in [5, 5.41) is 7.84. The monoisotopic (exact) mass is 239 g/mol. The predicted octanol–water partition coefficient (Wildman–Crippen LogP) is 2.21. The number of ether oxygens (including phenoxy) is 1. The molecule has 0 radical (unpaired) electrons. The molecule has 0 aliphatic rings. The number of aryl methyl sites for hydroxylation is 1. The smallest absolute Gasteiger partial charge is 0.0666 e. The van der Waals surface area contributed by atoms with Crippen LogP contribution in [0.2, 0.25) is 0 Å². The van der Waals surface area contributed by atoms with E-state index in [4.69, 9.17) is 4.74 Å². The van der Waals surface area contributed by atoms with E-state index in [1.807, 2.05) is 11.7 Å². The second kappa shape index (κ2) is 6.17. The molecule has 98 valence electrons. The average Bonchev–Trinajstić information content (AvgIpc) is 2.53. The van der Waals surface area contributed by atoms with Crippen LogP contribution in [0.25, 0.3) is 0 Å². The summed E-state index contributed by atoms with van der Waals surface area (Å²) in [6.45, 7) is 12.0. The molecule has 0 saturated heterocycles. The van der Waals surface area contributed by atoms with Crippen molar-refractivity contribution in [3.63, 3.8) is 0 Å². The summed E-state index contributed by atoms with van der Waals surface area (Å²) in [6, 6.07) is 0.342. The van der Waals surface area contributed by atoms with Gasteiger partial charge in [-0.05, 0) is 41.7 Å². The lowest BCUT2D eigenvalue weighted by Crippen LogP contribution is -2.15. The summed E-state index contributed by atoms with van der Waals surface area (Å²) in [5.41, 5.74) is 3.64. The molecule has 17 heavy (non-hydrogen) atoms. The fraction of sp³-hybridized carbons (Fsp3) is 0.769. The minimum Gasteiger partial charge on any atom is -0.377 e. The summed E-state index contributed by atoms with van der Waals surface area (Å²) < 4.78 is 7.60. The fourth-order valence-electron chi connectivity index (χ4n) is 2.07. The highest BCUT2D eigenvalue weighted by Crippen LogP contribution is 2.20. The highest BCUT2D eigenvalue weighted by atomic mass is 16.5. The normalized spacial score (nSPS) is 13.4. The van der Waals surface area contributed by atoms with E-state index in [-0.39, 0.29) is 6.10 Å². The van der Waals surface area contributed by atoms with E-state index in [0.717, 1.165) is 12.2 Å². The Morgan fingerprint density at radius 3 is 2.47 bits per heavy atom. The Kier molecular flexibility index (Phi) is 5.15. The summed E-state index contributed by atoms with van der Waals surface area (Å²) in [4.78, 5) is 0. The van der Waals surface area contributed by atoms with Gasteiger partial charge in [0.25, 0.3) is 0 Å². The van der Waals surface area contributed by atoms with Crippen molar-refractivity contribution in [2.45, 2.75) is 53.3 Å². The standard InChI is InChI=1S/C13H25N3O/c1-9(2)17-8-7-16-12(5)13(10(3)14-6)11(4)15-16/h9-10,14H,7-8H2,1-6H3. The highest BCUT2D eigenvalue weighted by molar-refractivity contribution is 5.27. The number of nitrogens with one attached hydrogen (secondary N) is 1. The fourth-order valence-corrected chi connectivity index (χ4v) is 2.07. The van der Waals surface area contributed by atoms with Gasteiger partial charge in [-0.3, -0.25) is 4.68 Å². The Hall–Kier alpha value is -0.870. The van der Waals surface area contributed by atoms with E-state index in [9.17, 15) is 0 Å². The van der Waals surface area contributed by atoms with E-state index >= 15 is 0 Å². The molecule has 1 unspecified atom stereocenters. The van der Waals surface area contributed by atoms with Crippen LogP contribution in [0.15, 0.2) is 0 Å². The van der Waals surface area contributed by atoms with Gasteiger partial charge >= 0.3 is 0 Å². The molecular formula is C13H25N3O. The van der Waals surface area contributed by atoms with Crippen molar-refractivity contribution in [3.05, 3.63) is 17.0 Å². The number of nitrogens with zero attached hydrogens (tertiary/aromatic N) is 2. The van der Waals surface area contributed by atoms with Gasteiger partial charge in [0.15, 0.2) is 0 Å². The van der Waals surface area contributed by atoms with Crippen LogP contribution in [0.3, 0.4) is 0 Å². The number of rotatable bonds is 6. The third kappa shape index (κ3) is 3.54. The van der Waals surface area contributed by atoms with Gasteiger partial charge in [0.05, 0.1) is 24.9 Å². The number of hydrogen-bond acceptors (Lipinski definition) is 3. The molecule has 0 spiro atoms. The van der Waals surface area contributed by atoms with Crippen molar-refractivity contribution >= 4 is 0 Å². The van der Waals surface area contributed by atoms with Gasteiger partial charge < -0.3 is 10.1 Å². The van der Waals surface area contributed by atoms with Crippen molar-refractivity contribution in [1.82, 2.24) is 15.1 Å². The van der Waals surface area contributed by atoms with Crippen LogP contribution in [-0.4, -0.2) is 29.5 Å². The molecule has 1 N–H and O–H groups in total. The molecule has 0 saturated carbocycles. The minimum absolute atomic E-state index is 0.280. The van der Waals surface area contributed by atoms with Gasteiger partial charge in [0, 0.05) is 17.3 Å². The third-order valence-corrected chi connectivity index (χ3v) is 3.06. The molecule has 0 fully saturated rings. The molecule has 4 heteroatoms. The van der Waals surface area contributed by atoms with Crippen LogP contribution < -0.4 is 5.32 Å². The number of aromatic nitrogens is 2. The summed E-state index contributed by atoms with van der Waals surface area (Å²) in [5.74, 6) is 0. The van der Waals surface area contributed by atoms with E-state index < -0.39 is 0 Å². The van der Waals surface area contributed by atoms with Gasteiger partial charge in [-0.2, -0.15) is 5.10 Å². The molecule has 1 rings (SSSR count). The van der Waals surface area contributed by atoms with Gasteiger partial charge in [-0.1, -0.05) is 0 Å². The summed E-state index contributed by atoms with van der Waals surface area (Å²) in [7, 11) is 1.97. The molecule has 0 amide bonds. The molecule has 0 bridgehead atoms. The first kappa shape index (κ1) is 14.2. The van der Waals surface area contributed by atoms with Gasteiger partial charge in [0.2, 0.25) is 0 Å². The summed E-state index contributed by atoms with van der Waals surface area (Å²) >= 11 is 0. The lowest BCUT2D eigenvalue weighted by atomic mass is 10.1. The van der Waals surface area contributed by atoms with Crippen LogP contribution >= 0.6 is 0 Å². The second-order valence-electron chi connectivity index (χ2n) is 4.74. The largest absolute Gasteiger partial charge is 0.377 e. The molecular weight excluding hydrogens is 214 g/mol. The summed E-state index contributed by atoms with van der Waals surface area (Å²) in [6.07, 6.45) is 0.280. The van der Waals surface area contributed by atoms with E-state index in [2.05, 4.69) is 45.0 Å². The maximum atomic E-state index is 5.56. The Morgan fingerprint density at radius 1 is 1.29 bits per heavy atom. The van der Waals surface area contributed by atoms with E-state index in [1.165, 1.54) is 11.3 Å². The molecule has 1 atom stereocenters. The van der Waals surface area contributed by atoms with E-state index in [0.29, 0.717) is 12.6 Å². The molecule has 0 aliphatic heterocycles. The van der Waals surface area contributed by atoms with Crippen molar-refractivity contribution in [1.29, 1.82) is 0 Å². The Labute approximate surface area is 104 Å². The molecule has 1 heterocycles. The average molecular weight is 239 g/mol. The second-order valence-corrected chi connectivity index (χ2v) is 4.74. The molecule has 1 aromatic heterocycles. The van der Waals surface area contributed by atoms with Crippen LogP contribution in [0, 0.1) is 13.8 Å². The van der Waals surface area contributed by atoms with E-state index in [1.54, 1.807) is 0 Å². The first-order valence-corrected chi connectivity index (χ1v) is 6.30. The first-order chi connectivity index (χ1) is 7.97. The molecule has 0 aliphatic carbocycles. The topological polar surface area (TPSA) is 39.1 Å². The lowest BCUT2D eigenvalue weighted by Gasteiger charge is -2.12. The van der Waals surface area contributed by atoms with Crippen molar-refractivity contribution < 1.29 is 4.74 Å². The van der Waals surface area contributed by atoms with Crippen LogP contribution in [0.1, 0.15) is 43.8 Å². The maximum absolute atomic E-state index is 5.56. The van der Waals surface area contributed by atoms with Crippen LogP contribution in [0.4, 0.5) is 0 Å². The lowest BCUT2D eigenvalue weighted by molar-refractivity contribution is 0.0706. The quantitative estimate of drug-likeness (QED) is 0.827. The third-order valence-electron chi connectivity index (χ3n) is 3.06.